The predicted molar refractivity (Wildman–Crippen MR) is 139 cm³/mol. The Morgan fingerprint density at radius 2 is 1.33 bits per heavy atom. The minimum atomic E-state index is -0.501. The smallest absolute Gasteiger partial charge is 0.322 e. The van der Waals surface area contributed by atoms with Crippen LogP contribution in [0.25, 0.3) is 0 Å². The molecule has 0 amide bonds. The number of hydrogen-bond acceptors (Lipinski definition) is 9. The predicted octanol–water partition coefficient (Wildman–Crippen LogP) is 3.56. The SMILES string of the molecule is CCOC(=O)[C@@H](C)NCc1c(C)cccc1N.CCOC(=O)[C@@H](C)NCc1c(C)cccc1[N+](=O)[O-]. The van der Waals surface area contributed by atoms with Crippen molar-refractivity contribution in [2.75, 3.05) is 18.9 Å². The molecule has 2 rings (SSSR count). The lowest BCUT2D eigenvalue weighted by Gasteiger charge is -2.15. The molecule has 0 aliphatic carbocycles. The molecule has 0 heterocycles. The molecule has 36 heavy (non-hydrogen) atoms. The fraction of sp³-hybridized carbons (Fsp3) is 0.462. The number of nitro groups is 1. The van der Waals surface area contributed by atoms with Gasteiger partial charge in [0.1, 0.15) is 12.1 Å². The number of ether oxygens (including phenoxy) is 2. The first-order chi connectivity index (χ1) is 17.0. The lowest BCUT2D eigenvalue weighted by atomic mass is 10.1. The number of nitrogen functional groups attached to an aromatic ring is 1. The Morgan fingerprint density at radius 1 is 0.889 bits per heavy atom. The van der Waals surface area contributed by atoms with Gasteiger partial charge in [0, 0.05) is 30.4 Å². The third-order valence-electron chi connectivity index (χ3n) is 5.48. The Balaban J connectivity index is 0.000000362. The van der Waals surface area contributed by atoms with Crippen molar-refractivity contribution in [1.82, 2.24) is 10.6 Å². The number of nitrogens with one attached hydrogen (secondary N) is 2. The number of nitro benzene ring substituents is 1. The highest BCUT2D eigenvalue weighted by Crippen LogP contribution is 2.21. The van der Waals surface area contributed by atoms with E-state index in [0.29, 0.717) is 25.3 Å². The van der Waals surface area contributed by atoms with E-state index in [1.54, 1.807) is 46.8 Å². The molecule has 10 heteroatoms. The van der Waals surface area contributed by atoms with Crippen molar-refractivity contribution >= 4 is 23.3 Å². The summed E-state index contributed by atoms with van der Waals surface area (Å²) in [5, 5.41) is 17.0. The molecule has 0 bridgehead atoms. The summed E-state index contributed by atoms with van der Waals surface area (Å²) in [7, 11) is 0. The molecule has 0 fully saturated rings. The highest BCUT2D eigenvalue weighted by atomic mass is 16.6. The first-order valence-corrected chi connectivity index (χ1v) is 11.9. The molecule has 10 nitrogen and oxygen atoms in total. The minimum absolute atomic E-state index is 0.0589. The summed E-state index contributed by atoms with van der Waals surface area (Å²) in [6, 6.07) is 9.86. The van der Waals surface area contributed by atoms with Crippen LogP contribution in [0.4, 0.5) is 11.4 Å². The van der Waals surface area contributed by atoms with Crippen LogP contribution in [-0.4, -0.2) is 42.2 Å². The van der Waals surface area contributed by atoms with E-state index >= 15 is 0 Å². The van der Waals surface area contributed by atoms with Gasteiger partial charge in [-0.2, -0.15) is 0 Å². The van der Waals surface area contributed by atoms with Crippen molar-refractivity contribution in [3.05, 3.63) is 68.8 Å². The summed E-state index contributed by atoms with van der Waals surface area (Å²) in [5.41, 5.74) is 10.2. The van der Waals surface area contributed by atoms with Crippen LogP contribution in [0.1, 0.15) is 49.9 Å². The zero-order chi connectivity index (χ0) is 27.3. The lowest BCUT2D eigenvalue weighted by Crippen LogP contribution is -2.35. The minimum Gasteiger partial charge on any atom is -0.465 e. The molecule has 4 N–H and O–H groups in total. The summed E-state index contributed by atoms with van der Waals surface area (Å²) >= 11 is 0. The van der Waals surface area contributed by atoms with Crippen LogP contribution >= 0.6 is 0 Å². The number of hydrogen-bond donors (Lipinski definition) is 3. The van der Waals surface area contributed by atoms with Crippen molar-refractivity contribution in [1.29, 1.82) is 0 Å². The lowest BCUT2D eigenvalue weighted by molar-refractivity contribution is -0.385. The molecule has 0 saturated carbocycles. The van der Waals surface area contributed by atoms with E-state index in [0.717, 1.165) is 22.4 Å². The first kappa shape index (κ1) is 30.5. The third kappa shape index (κ3) is 9.63. The molecule has 2 atom stereocenters. The Morgan fingerprint density at radius 3 is 1.78 bits per heavy atom. The average Bonchev–Trinajstić information content (AvgIpc) is 2.83. The number of nitrogens with zero attached hydrogens (tertiary/aromatic N) is 1. The van der Waals surface area contributed by atoms with Crippen molar-refractivity contribution in [3.8, 4) is 0 Å². The highest BCUT2D eigenvalue weighted by Gasteiger charge is 2.18. The van der Waals surface area contributed by atoms with Gasteiger partial charge < -0.3 is 25.8 Å². The highest BCUT2D eigenvalue weighted by molar-refractivity contribution is 5.75. The van der Waals surface area contributed by atoms with Crippen LogP contribution in [0, 0.1) is 24.0 Å². The third-order valence-corrected chi connectivity index (χ3v) is 5.48. The van der Waals surface area contributed by atoms with Gasteiger partial charge in [-0.05, 0) is 64.3 Å². The van der Waals surface area contributed by atoms with E-state index in [1.165, 1.54) is 6.07 Å². The van der Waals surface area contributed by atoms with Crippen molar-refractivity contribution in [2.24, 2.45) is 0 Å². The van der Waals surface area contributed by atoms with Crippen molar-refractivity contribution < 1.29 is 24.0 Å². The molecule has 2 aromatic rings. The van der Waals surface area contributed by atoms with Gasteiger partial charge in [0.2, 0.25) is 0 Å². The number of carbonyl (C=O) groups excluding carboxylic acids is 2. The number of esters is 2. The number of anilines is 1. The maximum absolute atomic E-state index is 11.4. The maximum atomic E-state index is 11.4. The molecule has 0 saturated heterocycles. The molecule has 0 unspecified atom stereocenters. The second-order valence-corrected chi connectivity index (χ2v) is 8.18. The van der Waals surface area contributed by atoms with Crippen LogP contribution in [0.3, 0.4) is 0 Å². The second-order valence-electron chi connectivity index (χ2n) is 8.18. The van der Waals surface area contributed by atoms with Gasteiger partial charge in [0.15, 0.2) is 0 Å². The van der Waals surface area contributed by atoms with Gasteiger partial charge in [-0.15, -0.1) is 0 Å². The van der Waals surface area contributed by atoms with Gasteiger partial charge in [0.25, 0.3) is 5.69 Å². The van der Waals surface area contributed by atoms with Crippen LogP contribution in [0.2, 0.25) is 0 Å². The second kappa shape index (κ2) is 15.5. The molecule has 0 aliphatic heterocycles. The Bertz CT molecular complexity index is 1010. The quantitative estimate of drug-likeness (QED) is 0.182. The number of benzene rings is 2. The monoisotopic (exact) mass is 502 g/mol. The van der Waals surface area contributed by atoms with Crippen LogP contribution < -0.4 is 16.4 Å². The number of carbonyl (C=O) groups is 2. The summed E-state index contributed by atoms with van der Waals surface area (Å²) < 4.78 is 9.78. The van der Waals surface area contributed by atoms with E-state index < -0.39 is 11.0 Å². The molecule has 0 radical (unpaired) electrons. The zero-order valence-corrected chi connectivity index (χ0v) is 21.9. The topological polar surface area (TPSA) is 146 Å². The molecule has 198 valence electrons. The van der Waals surface area contributed by atoms with Crippen molar-refractivity contribution in [3.63, 3.8) is 0 Å². The Labute approximate surface area is 212 Å². The zero-order valence-electron chi connectivity index (χ0n) is 21.9. The van der Waals surface area contributed by atoms with Crippen LogP contribution in [-0.2, 0) is 32.2 Å². The fourth-order valence-corrected chi connectivity index (χ4v) is 3.27. The van der Waals surface area contributed by atoms with Crippen molar-refractivity contribution in [2.45, 2.75) is 66.7 Å². The van der Waals surface area contributed by atoms with Gasteiger partial charge in [-0.1, -0.05) is 24.3 Å². The van der Waals surface area contributed by atoms with Gasteiger partial charge >= 0.3 is 11.9 Å². The summed E-state index contributed by atoms with van der Waals surface area (Å²) in [5.74, 6) is -0.599. The molecular weight excluding hydrogens is 464 g/mol. The molecule has 2 aromatic carbocycles. The Hall–Kier alpha value is -3.50. The van der Waals surface area contributed by atoms with Gasteiger partial charge in [0.05, 0.1) is 18.1 Å². The molecular formula is C26H38N4O6. The normalized spacial score (nSPS) is 12.1. The molecule has 0 spiro atoms. The van der Waals surface area contributed by atoms with E-state index in [4.69, 9.17) is 15.2 Å². The van der Waals surface area contributed by atoms with E-state index in [1.807, 2.05) is 25.1 Å². The molecule has 0 aromatic heterocycles. The number of nitrogens with two attached hydrogens (primary N) is 1. The molecule has 0 aliphatic rings. The standard InChI is InChI=1S/C13H18N2O4.C13H20N2O2/c1-4-19-13(16)10(3)14-8-11-9(2)6-5-7-12(11)15(17)18;1-4-17-13(16)10(3)15-8-11-9(2)6-5-7-12(11)14/h5-7,10,14H,4,8H2,1-3H3;5-7,10,15H,4,8,14H2,1-3H3/t2*10-/m11/s1. The first-order valence-electron chi connectivity index (χ1n) is 11.9. The Kier molecular flexibility index (Phi) is 13.1. The van der Waals surface area contributed by atoms with Crippen LogP contribution in [0.15, 0.2) is 36.4 Å². The number of aryl methyl sites for hydroxylation is 2. The van der Waals surface area contributed by atoms with Crippen LogP contribution in [0.5, 0.6) is 0 Å². The van der Waals surface area contributed by atoms with Gasteiger partial charge in [-0.3, -0.25) is 19.7 Å². The average molecular weight is 503 g/mol. The summed E-state index contributed by atoms with van der Waals surface area (Å²) in [4.78, 5) is 33.4. The van der Waals surface area contributed by atoms with E-state index in [9.17, 15) is 19.7 Å². The van der Waals surface area contributed by atoms with Gasteiger partial charge in [-0.25, -0.2) is 0 Å². The van der Waals surface area contributed by atoms with E-state index in [2.05, 4.69) is 10.6 Å². The fourth-order valence-electron chi connectivity index (χ4n) is 3.27. The summed E-state index contributed by atoms with van der Waals surface area (Å²) in [6.45, 7) is 12.3. The maximum Gasteiger partial charge on any atom is 0.322 e. The largest absolute Gasteiger partial charge is 0.465 e. The number of rotatable bonds is 11. The van der Waals surface area contributed by atoms with E-state index in [-0.39, 0.29) is 30.2 Å². The summed E-state index contributed by atoms with van der Waals surface area (Å²) in [6.07, 6.45) is 0.